The minimum absolute atomic E-state index is 0.0136. The van der Waals surface area contributed by atoms with E-state index < -0.39 is 0 Å². The summed E-state index contributed by atoms with van der Waals surface area (Å²) in [6.45, 7) is 2.95. The van der Waals surface area contributed by atoms with Gasteiger partial charge in [0.25, 0.3) is 0 Å². The molecule has 3 rings (SSSR count). The van der Waals surface area contributed by atoms with E-state index >= 15 is 0 Å². The molecule has 1 N–H and O–H groups in total. The predicted molar refractivity (Wildman–Crippen MR) is 104 cm³/mol. The average Bonchev–Trinajstić information content (AvgIpc) is 2.91. The van der Waals surface area contributed by atoms with Crippen molar-refractivity contribution in [2.24, 2.45) is 0 Å². The first-order valence-electron chi connectivity index (χ1n) is 8.72. The van der Waals surface area contributed by atoms with Crippen molar-refractivity contribution in [2.75, 3.05) is 19.0 Å². The fourth-order valence-corrected chi connectivity index (χ4v) is 3.08. The quantitative estimate of drug-likeness (QED) is 0.740. The summed E-state index contributed by atoms with van der Waals surface area (Å²) in [5.74, 6) is -0.179. The number of aryl methyl sites for hydroxylation is 1. The van der Waals surface area contributed by atoms with Gasteiger partial charge in [-0.15, -0.1) is 0 Å². The third-order valence-corrected chi connectivity index (χ3v) is 4.46. The molecular weight excluding hydrogens is 328 g/mol. The third kappa shape index (κ3) is 3.49. The zero-order valence-corrected chi connectivity index (χ0v) is 15.4. The van der Waals surface area contributed by atoms with Crippen molar-refractivity contribution in [3.05, 3.63) is 64.6 Å². The second-order valence-electron chi connectivity index (χ2n) is 6.44. The molecule has 1 amide bonds. The van der Waals surface area contributed by atoms with Gasteiger partial charge >= 0.3 is 5.69 Å². The Labute approximate surface area is 152 Å². The van der Waals surface area contributed by atoms with E-state index in [1.165, 1.54) is 4.57 Å². The van der Waals surface area contributed by atoms with E-state index in [1.54, 1.807) is 4.57 Å². The summed E-state index contributed by atoms with van der Waals surface area (Å²) < 4.78 is 3.22. The molecule has 0 saturated carbocycles. The number of fused-ring (bicyclic) bond motifs is 1. The number of anilines is 1. The summed E-state index contributed by atoms with van der Waals surface area (Å²) in [6, 6.07) is 15.6. The molecule has 0 unspecified atom stereocenters. The standard InChI is InChI=1S/C20H24N4O2/c1-4-23-17-10-5-6-11-18(17)24(20(23)26)14-19(25)21-13-15-8-7-9-16(12-15)22(2)3/h5-12H,4,13-14H2,1-3H3,(H,21,25). The van der Waals surface area contributed by atoms with Gasteiger partial charge in [-0.2, -0.15) is 0 Å². The van der Waals surface area contributed by atoms with Gasteiger partial charge in [-0.05, 0) is 36.8 Å². The maximum absolute atomic E-state index is 12.6. The van der Waals surface area contributed by atoms with E-state index in [0.29, 0.717) is 13.1 Å². The van der Waals surface area contributed by atoms with E-state index in [1.807, 2.05) is 74.4 Å². The number of carbonyl (C=O) groups excluding carboxylic acids is 1. The molecule has 1 aromatic heterocycles. The third-order valence-electron chi connectivity index (χ3n) is 4.46. The molecule has 0 spiro atoms. The zero-order valence-electron chi connectivity index (χ0n) is 15.4. The summed E-state index contributed by atoms with van der Waals surface area (Å²) >= 11 is 0. The highest BCUT2D eigenvalue weighted by atomic mass is 16.2. The molecule has 0 radical (unpaired) electrons. The highest BCUT2D eigenvalue weighted by molar-refractivity contribution is 5.81. The van der Waals surface area contributed by atoms with Crippen LogP contribution < -0.4 is 15.9 Å². The monoisotopic (exact) mass is 352 g/mol. The Hall–Kier alpha value is -3.02. The molecule has 0 aliphatic rings. The Bertz CT molecular complexity index is 985. The molecule has 0 atom stereocenters. The van der Waals surface area contributed by atoms with Crippen LogP contribution in [-0.2, 0) is 24.4 Å². The lowest BCUT2D eigenvalue weighted by molar-refractivity contribution is -0.121. The molecule has 0 saturated heterocycles. The van der Waals surface area contributed by atoms with Crippen LogP contribution in [0.3, 0.4) is 0 Å². The first-order chi connectivity index (χ1) is 12.5. The second kappa shape index (κ2) is 7.47. The molecule has 0 bridgehead atoms. The number of nitrogens with zero attached hydrogens (tertiary/aromatic N) is 3. The first kappa shape index (κ1) is 17.8. The van der Waals surface area contributed by atoms with E-state index in [0.717, 1.165) is 22.3 Å². The zero-order chi connectivity index (χ0) is 18.7. The van der Waals surface area contributed by atoms with E-state index in [2.05, 4.69) is 5.32 Å². The van der Waals surface area contributed by atoms with Crippen LogP contribution in [0.15, 0.2) is 53.3 Å². The molecule has 1 heterocycles. The Morgan fingerprint density at radius 3 is 2.38 bits per heavy atom. The van der Waals surface area contributed by atoms with Crippen molar-refractivity contribution in [1.82, 2.24) is 14.5 Å². The number of aromatic nitrogens is 2. The van der Waals surface area contributed by atoms with Crippen LogP contribution in [0.1, 0.15) is 12.5 Å². The number of rotatable bonds is 6. The number of nitrogens with one attached hydrogen (secondary N) is 1. The van der Waals surface area contributed by atoms with Crippen molar-refractivity contribution in [3.8, 4) is 0 Å². The van der Waals surface area contributed by atoms with Crippen molar-refractivity contribution in [2.45, 2.75) is 26.6 Å². The van der Waals surface area contributed by atoms with Gasteiger partial charge in [0, 0.05) is 32.9 Å². The van der Waals surface area contributed by atoms with Gasteiger partial charge in [0.2, 0.25) is 5.91 Å². The molecule has 6 nitrogen and oxygen atoms in total. The van der Waals surface area contributed by atoms with Gasteiger partial charge in [0.15, 0.2) is 0 Å². The van der Waals surface area contributed by atoms with Crippen molar-refractivity contribution >= 4 is 22.6 Å². The van der Waals surface area contributed by atoms with Crippen LogP contribution in [0.25, 0.3) is 11.0 Å². The van der Waals surface area contributed by atoms with E-state index in [4.69, 9.17) is 0 Å². The summed E-state index contributed by atoms with van der Waals surface area (Å²) in [4.78, 5) is 27.0. The number of hydrogen-bond acceptors (Lipinski definition) is 3. The van der Waals surface area contributed by atoms with E-state index in [9.17, 15) is 9.59 Å². The molecular formula is C20H24N4O2. The second-order valence-corrected chi connectivity index (χ2v) is 6.44. The van der Waals surface area contributed by atoms with Crippen LogP contribution in [0.4, 0.5) is 5.69 Å². The van der Waals surface area contributed by atoms with Gasteiger partial charge < -0.3 is 10.2 Å². The average molecular weight is 352 g/mol. The largest absolute Gasteiger partial charge is 0.378 e. The number of carbonyl (C=O) groups is 1. The Kier molecular flexibility index (Phi) is 5.11. The fourth-order valence-electron chi connectivity index (χ4n) is 3.08. The van der Waals surface area contributed by atoms with E-state index in [-0.39, 0.29) is 18.1 Å². The van der Waals surface area contributed by atoms with Crippen molar-refractivity contribution in [3.63, 3.8) is 0 Å². The van der Waals surface area contributed by atoms with Gasteiger partial charge in [-0.1, -0.05) is 24.3 Å². The highest BCUT2D eigenvalue weighted by Gasteiger charge is 2.14. The van der Waals surface area contributed by atoms with Crippen LogP contribution >= 0.6 is 0 Å². The molecule has 2 aromatic carbocycles. The lowest BCUT2D eigenvalue weighted by Gasteiger charge is -2.14. The Morgan fingerprint density at radius 2 is 1.73 bits per heavy atom. The molecule has 0 aliphatic heterocycles. The van der Waals surface area contributed by atoms with Crippen molar-refractivity contribution < 1.29 is 4.79 Å². The van der Waals surface area contributed by atoms with Crippen molar-refractivity contribution in [1.29, 1.82) is 0 Å². The summed E-state index contributed by atoms with van der Waals surface area (Å²) in [5.41, 5.74) is 3.58. The van der Waals surface area contributed by atoms with Crippen LogP contribution in [-0.4, -0.2) is 29.1 Å². The summed E-state index contributed by atoms with van der Waals surface area (Å²) in [6.07, 6.45) is 0. The molecule has 136 valence electrons. The minimum Gasteiger partial charge on any atom is -0.378 e. The van der Waals surface area contributed by atoms with Gasteiger partial charge in [0.05, 0.1) is 11.0 Å². The first-order valence-corrected chi connectivity index (χ1v) is 8.72. The topological polar surface area (TPSA) is 59.3 Å². The lowest BCUT2D eigenvalue weighted by Crippen LogP contribution is -2.32. The minimum atomic E-state index is -0.179. The van der Waals surface area contributed by atoms with Crippen LogP contribution in [0.2, 0.25) is 0 Å². The molecule has 3 aromatic rings. The van der Waals surface area contributed by atoms with Gasteiger partial charge in [-0.25, -0.2) is 4.79 Å². The molecule has 0 aliphatic carbocycles. The maximum Gasteiger partial charge on any atom is 0.329 e. The normalized spacial score (nSPS) is 10.9. The highest BCUT2D eigenvalue weighted by Crippen LogP contribution is 2.14. The summed E-state index contributed by atoms with van der Waals surface area (Å²) in [7, 11) is 3.96. The maximum atomic E-state index is 12.6. The fraction of sp³-hybridized carbons (Fsp3) is 0.300. The number of benzene rings is 2. The smallest absolute Gasteiger partial charge is 0.329 e. The lowest BCUT2D eigenvalue weighted by atomic mass is 10.2. The SMILES string of the molecule is CCn1c(=O)n(CC(=O)NCc2cccc(N(C)C)c2)c2ccccc21. The van der Waals surface area contributed by atoms with Gasteiger partial charge in [0.1, 0.15) is 6.54 Å². The van der Waals surface area contributed by atoms with Gasteiger partial charge in [-0.3, -0.25) is 13.9 Å². The number of para-hydroxylation sites is 2. The van der Waals surface area contributed by atoms with Crippen LogP contribution in [0, 0.1) is 0 Å². The number of hydrogen-bond donors (Lipinski definition) is 1. The number of imidazole rings is 1. The number of amides is 1. The Balaban J connectivity index is 1.75. The summed E-state index contributed by atoms with van der Waals surface area (Å²) in [5, 5.41) is 2.91. The Morgan fingerprint density at radius 1 is 1.04 bits per heavy atom. The molecule has 0 fully saturated rings. The van der Waals surface area contributed by atoms with Crippen LogP contribution in [0.5, 0.6) is 0 Å². The molecule has 6 heteroatoms. The molecule has 26 heavy (non-hydrogen) atoms. The predicted octanol–water partition coefficient (Wildman–Crippen LogP) is 2.21.